The molecule has 19 heavy (non-hydrogen) atoms. The zero-order valence-corrected chi connectivity index (χ0v) is 11.1. The van der Waals surface area contributed by atoms with Crippen molar-refractivity contribution in [3.8, 4) is 0 Å². The Morgan fingerprint density at radius 3 is 2.32 bits per heavy atom. The number of hydrogen-bond acceptors (Lipinski definition) is 1. The molecule has 3 heteroatoms. The molecule has 0 heterocycles. The van der Waals surface area contributed by atoms with Crippen LogP contribution in [-0.2, 0) is 19.3 Å². The lowest BCUT2D eigenvalue weighted by Gasteiger charge is -2.22. The van der Waals surface area contributed by atoms with E-state index >= 15 is 0 Å². The first-order valence-electron chi connectivity index (χ1n) is 6.29. The molecule has 0 aromatic heterocycles. The number of hydrogen-bond donors (Lipinski definition) is 1. The van der Waals surface area contributed by atoms with Gasteiger partial charge in [-0.1, -0.05) is 48.0 Å². The molecule has 0 bridgehead atoms. The van der Waals surface area contributed by atoms with Crippen molar-refractivity contribution in [2.45, 2.75) is 24.9 Å². The topological polar surface area (TPSA) is 20.2 Å². The summed E-state index contributed by atoms with van der Waals surface area (Å²) in [4.78, 5) is 0. The van der Waals surface area contributed by atoms with E-state index in [1.54, 1.807) is 12.1 Å². The van der Waals surface area contributed by atoms with Crippen molar-refractivity contribution in [2.75, 3.05) is 0 Å². The van der Waals surface area contributed by atoms with Gasteiger partial charge < -0.3 is 5.11 Å². The maximum atomic E-state index is 13.9. The van der Waals surface area contributed by atoms with Crippen LogP contribution in [0.3, 0.4) is 0 Å². The van der Waals surface area contributed by atoms with E-state index in [0.29, 0.717) is 18.4 Å². The molecule has 0 spiro atoms. The maximum absolute atomic E-state index is 13.9. The van der Waals surface area contributed by atoms with Crippen LogP contribution in [-0.4, -0.2) is 10.7 Å². The second kappa shape index (κ2) is 4.62. The molecule has 0 saturated heterocycles. The van der Waals surface area contributed by atoms with Gasteiger partial charge in [0.15, 0.2) is 0 Å². The maximum Gasteiger partial charge on any atom is 0.145 e. The molecule has 0 unspecified atom stereocenters. The lowest BCUT2D eigenvalue weighted by Crippen LogP contribution is -2.32. The van der Waals surface area contributed by atoms with Gasteiger partial charge in [-0.05, 0) is 22.8 Å². The van der Waals surface area contributed by atoms with E-state index in [2.05, 4.69) is 0 Å². The molecule has 0 aliphatic heterocycles. The Morgan fingerprint density at radius 2 is 1.68 bits per heavy atom. The van der Waals surface area contributed by atoms with E-state index in [1.165, 1.54) is 6.07 Å². The van der Waals surface area contributed by atoms with Crippen molar-refractivity contribution in [1.82, 2.24) is 0 Å². The molecule has 0 amide bonds. The second-order valence-electron chi connectivity index (χ2n) is 5.24. The summed E-state index contributed by atoms with van der Waals surface area (Å²) in [6.45, 7) is 0. The van der Waals surface area contributed by atoms with Crippen molar-refractivity contribution < 1.29 is 9.50 Å². The SMILES string of the molecule is OC1(Cc2cccc(Cl)c2F)Cc2ccccc2C1. The zero-order valence-electron chi connectivity index (χ0n) is 10.4. The molecule has 1 nitrogen and oxygen atoms in total. The molecule has 0 atom stereocenters. The molecule has 0 fully saturated rings. The summed E-state index contributed by atoms with van der Waals surface area (Å²) >= 11 is 5.78. The smallest absolute Gasteiger partial charge is 0.145 e. The highest BCUT2D eigenvalue weighted by Gasteiger charge is 2.35. The monoisotopic (exact) mass is 276 g/mol. The zero-order chi connectivity index (χ0) is 13.5. The van der Waals surface area contributed by atoms with Gasteiger partial charge in [0.1, 0.15) is 5.82 Å². The second-order valence-corrected chi connectivity index (χ2v) is 5.64. The summed E-state index contributed by atoms with van der Waals surface area (Å²) in [6.07, 6.45) is 1.42. The van der Waals surface area contributed by atoms with Crippen molar-refractivity contribution in [3.63, 3.8) is 0 Å². The van der Waals surface area contributed by atoms with Crippen molar-refractivity contribution >= 4 is 11.6 Å². The van der Waals surface area contributed by atoms with Gasteiger partial charge in [0.05, 0.1) is 10.6 Å². The Balaban J connectivity index is 1.87. The van der Waals surface area contributed by atoms with Gasteiger partial charge in [-0.2, -0.15) is 0 Å². The van der Waals surface area contributed by atoms with Crippen LogP contribution in [0.15, 0.2) is 42.5 Å². The first kappa shape index (κ1) is 12.6. The Labute approximate surface area is 116 Å². The Bertz CT molecular complexity index is 599. The van der Waals surface area contributed by atoms with Crippen LogP contribution in [0.5, 0.6) is 0 Å². The number of fused-ring (bicyclic) bond motifs is 1. The summed E-state index contributed by atoms with van der Waals surface area (Å²) in [5, 5.41) is 10.8. The molecule has 0 saturated carbocycles. The number of benzene rings is 2. The molecule has 2 aromatic rings. The molecular formula is C16H14ClFO. The molecule has 3 rings (SSSR count). The predicted molar refractivity (Wildman–Crippen MR) is 73.9 cm³/mol. The first-order chi connectivity index (χ1) is 9.07. The van der Waals surface area contributed by atoms with Crippen LogP contribution in [0.4, 0.5) is 4.39 Å². The van der Waals surface area contributed by atoms with Gasteiger partial charge in [-0.25, -0.2) is 4.39 Å². The number of rotatable bonds is 2. The van der Waals surface area contributed by atoms with Crippen molar-refractivity contribution in [1.29, 1.82) is 0 Å². The predicted octanol–water partition coefficient (Wildman–Crippen LogP) is 3.55. The summed E-state index contributed by atoms with van der Waals surface area (Å²) < 4.78 is 13.9. The van der Waals surface area contributed by atoms with Crippen LogP contribution < -0.4 is 0 Å². The van der Waals surface area contributed by atoms with E-state index in [1.807, 2.05) is 24.3 Å². The average molecular weight is 277 g/mol. The highest BCUT2D eigenvalue weighted by atomic mass is 35.5. The quantitative estimate of drug-likeness (QED) is 0.889. The van der Waals surface area contributed by atoms with E-state index in [9.17, 15) is 9.50 Å². The van der Waals surface area contributed by atoms with Gasteiger partial charge in [-0.15, -0.1) is 0 Å². The fourth-order valence-corrected chi connectivity index (χ4v) is 3.03. The molecule has 1 N–H and O–H groups in total. The van der Waals surface area contributed by atoms with Crippen LogP contribution >= 0.6 is 11.6 Å². The van der Waals surface area contributed by atoms with E-state index in [4.69, 9.17) is 11.6 Å². The minimum absolute atomic E-state index is 0.108. The van der Waals surface area contributed by atoms with E-state index < -0.39 is 11.4 Å². The molecule has 2 aromatic carbocycles. The van der Waals surface area contributed by atoms with E-state index in [-0.39, 0.29) is 11.4 Å². The lowest BCUT2D eigenvalue weighted by atomic mass is 9.91. The third kappa shape index (κ3) is 2.38. The van der Waals surface area contributed by atoms with Crippen molar-refractivity contribution in [2.24, 2.45) is 0 Å². The molecule has 0 radical (unpaired) electrons. The van der Waals surface area contributed by atoms with Crippen molar-refractivity contribution in [3.05, 3.63) is 70.0 Å². The summed E-state index contributed by atoms with van der Waals surface area (Å²) in [5.74, 6) is -0.423. The third-order valence-electron chi connectivity index (χ3n) is 3.71. The first-order valence-corrected chi connectivity index (χ1v) is 6.67. The van der Waals surface area contributed by atoms with Gasteiger partial charge in [0.2, 0.25) is 0 Å². The average Bonchev–Trinajstić information content (AvgIpc) is 2.71. The normalized spacial score (nSPS) is 16.4. The Morgan fingerprint density at radius 1 is 1.05 bits per heavy atom. The highest BCUT2D eigenvalue weighted by molar-refractivity contribution is 6.30. The molecule has 1 aliphatic rings. The Hall–Kier alpha value is -1.38. The molecule has 98 valence electrons. The largest absolute Gasteiger partial charge is 0.389 e. The summed E-state index contributed by atoms with van der Waals surface area (Å²) in [7, 11) is 0. The molecule has 1 aliphatic carbocycles. The van der Waals surface area contributed by atoms with Gasteiger partial charge in [-0.3, -0.25) is 0 Å². The number of aliphatic hydroxyl groups is 1. The number of halogens is 2. The molecular weight excluding hydrogens is 263 g/mol. The Kier molecular flexibility index (Phi) is 3.08. The van der Waals surface area contributed by atoms with Crippen LogP contribution in [0, 0.1) is 5.82 Å². The van der Waals surface area contributed by atoms with Gasteiger partial charge >= 0.3 is 0 Å². The summed E-state index contributed by atoms with van der Waals surface area (Å²) in [5.41, 5.74) is 1.86. The van der Waals surface area contributed by atoms with Gasteiger partial charge in [0, 0.05) is 19.3 Å². The van der Waals surface area contributed by atoms with Crippen LogP contribution in [0.1, 0.15) is 16.7 Å². The fraction of sp³-hybridized carbons (Fsp3) is 0.250. The minimum Gasteiger partial charge on any atom is -0.389 e. The third-order valence-corrected chi connectivity index (χ3v) is 4.00. The van der Waals surface area contributed by atoms with E-state index in [0.717, 1.165) is 11.1 Å². The fourth-order valence-electron chi connectivity index (χ4n) is 2.84. The highest BCUT2D eigenvalue weighted by Crippen LogP contribution is 2.33. The minimum atomic E-state index is -0.908. The lowest BCUT2D eigenvalue weighted by molar-refractivity contribution is 0.0509. The summed E-state index contributed by atoms with van der Waals surface area (Å²) in [6, 6.07) is 12.9. The van der Waals surface area contributed by atoms with Gasteiger partial charge in [0.25, 0.3) is 0 Å². The standard InChI is InChI=1S/C16H14ClFO/c17-14-7-3-6-13(15(14)18)10-16(19)8-11-4-1-2-5-12(11)9-16/h1-7,19H,8-10H2. The van der Waals surface area contributed by atoms with Crippen LogP contribution in [0.25, 0.3) is 0 Å². The van der Waals surface area contributed by atoms with Crippen LogP contribution in [0.2, 0.25) is 5.02 Å².